The molecule has 86 valence electrons. The SMILES string of the molecule is POB(Oc1ccccc1)Oc1ccccc1. The van der Waals surface area contributed by atoms with Crippen LogP contribution in [0.15, 0.2) is 60.7 Å². The van der Waals surface area contributed by atoms with Gasteiger partial charge < -0.3 is 13.7 Å². The molecule has 5 heteroatoms. The van der Waals surface area contributed by atoms with E-state index in [4.69, 9.17) is 13.7 Å². The van der Waals surface area contributed by atoms with Crippen molar-refractivity contribution < 1.29 is 13.7 Å². The first-order valence-corrected chi connectivity index (χ1v) is 5.64. The first kappa shape index (κ1) is 12.0. The van der Waals surface area contributed by atoms with Gasteiger partial charge in [0.25, 0.3) is 0 Å². The highest BCUT2D eigenvalue weighted by atomic mass is 31.0. The fourth-order valence-corrected chi connectivity index (χ4v) is 1.41. The van der Waals surface area contributed by atoms with Gasteiger partial charge in [0.2, 0.25) is 0 Å². The van der Waals surface area contributed by atoms with Gasteiger partial charge in [-0.2, -0.15) is 0 Å². The second-order valence-electron chi connectivity index (χ2n) is 3.29. The lowest BCUT2D eigenvalue weighted by Gasteiger charge is -2.13. The average molecular weight is 246 g/mol. The molecule has 0 saturated carbocycles. The fraction of sp³-hybridized carbons (Fsp3) is 0. The van der Waals surface area contributed by atoms with Gasteiger partial charge in [-0.15, -0.1) is 0 Å². The molecule has 0 radical (unpaired) electrons. The van der Waals surface area contributed by atoms with Crippen LogP contribution in [0.1, 0.15) is 0 Å². The van der Waals surface area contributed by atoms with E-state index in [1.54, 1.807) is 0 Å². The maximum atomic E-state index is 5.50. The summed E-state index contributed by atoms with van der Waals surface area (Å²) < 4.78 is 16.0. The van der Waals surface area contributed by atoms with Gasteiger partial charge in [0, 0.05) is 0 Å². The van der Waals surface area contributed by atoms with Crippen LogP contribution in [0.4, 0.5) is 0 Å². The van der Waals surface area contributed by atoms with Crippen molar-refractivity contribution in [2.45, 2.75) is 0 Å². The molecule has 1 unspecified atom stereocenters. The largest absolute Gasteiger partial charge is 0.791 e. The molecular weight excluding hydrogens is 234 g/mol. The zero-order valence-corrected chi connectivity index (χ0v) is 10.3. The zero-order valence-electron chi connectivity index (χ0n) is 9.15. The monoisotopic (exact) mass is 246 g/mol. The smallest absolute Gasteiger partial charge is 0.501 e. The Morgan fingerprint density at radius 3 is 1.47 bits per heavy atom. The third-order valence-electron chi connectivity index (χ3n) is 2.06. The molecule has 0 aliphatic rings. The molecule has 0 aromatic heterocycles. The summed E-state index contributed by atoms with van der Waals surface area (Å²) in [6.45, 7) is 0. The van der Waals surface area contributed by atoms with E-state index >= 15 is 0 Å². The number of para-hydroxylation sites is 2. The molecule has 0 fully saturated rings. The van der Waals surface area contributed by atoms with Crippen molar-refractivity contribution in [2.75, 3.05) is 0 Å². The summed E-state index contributed by atoms with van der Waals surface area (Å²) in [4.78, 5) is 0. The van der Waals surface area contributed by atoms with Crippen LogP contribution >= 0.6 is 9.47 Å². The van der Waals surface area contributed by atoms with Crippen molar-refractivity contribution in [1.29, 1.82) is 0 Å². The Morgan fingerprint density at radius 2 is 1.12 bits per heavy atom. The number of rotatable bonds is 5. The minimum Gasteiger partial charge on any atom is -0.501 e. The van der Waals surface area contributed by atoms with E-state index in [9.17, 15) is 0 Å². The fourth-order valence-electron chi connectivity index (χ4n) is 1.30. The predicted octanol–water partition coefficient (Wildman–Crippen LogP) is 2.94. The van der Waals surface area contributed by atoms with E-state index in [1.807, 2.05) is 60.7 Å². The maximum absolute atomic E-state index is 5.50. The highest BCUT2D eigenvalue weighted by molar-refractivity contribution is 7.12. The molecule has 0 heterocycles. The summed E-state index contributed by atoms with van der Waals surface area (Å²) in [5.41, 5.74) is 0. The second-order valence-corrected chi connectivity index (χ2v) is 3.56. The van der Waals surface area contributed by atoms with Crippen molar-refractivity contribution >= 4 is 16.8 Å². The Balaban J connectivity index is 1.98. The Morgan fingerprint density at radius 1 is 0.706 bits per heavy atom. The lowest BCUT2D eigenvalue weighted by molar-refractivity contribution is 0.327. The van der Waals surface area contributed by atoms with E-state index in [0.29, 0.717) is 11.5 Å². The van der Waals surface area contributed by atoms with Gasteiger partial charge in [-0.3, -0.25) is 0 Å². The van der Waals surface area contributed by atoms with Crippen LogP contribution in [0.2, 0.25) is 0 Å². The Bertz CT molecular complexity index is 397. The van der Waals surface area contributed by atoms with Gasteiger partial charge in [0.1, 0.15) is 11.5 Å². The van der Waals surface area contributed by atoms with Gasteiger partial charge in [-0.1, -0.05) is 36.4 Å². The van der Waals surface area contributed by atoms with E-state index in [-0.39, 0.29) is 0 Å². The molecular formula is C12H12BO3P. The molecule has 0 aliphatic carbocycles. The lowest BCUT2D eigenvalue weighted by atomic mass is 10.2. The van der Waals surface area contributed by atoms with Gasteiger partial charge in [0.05, 0.1) is 0 Å². The van der Waals surface area contributed by atoms with Crippen LogP contribution < -0.4 is 9.31 Å². The first-order valence-electron chi connectivity index (χ1n) is 5.17. The maximum Gasteiger partial charge on any atom is 0.791 e. The van der Waals surface area contributed by atoms with E-state index in [2.05, 4.69) is 9.47 Å². The third kappa shape index (κ3) is 3.77. The number of hydrogen-bond acceptors (Lipinski definition) is 3. The first-order chi connectivity index (χ1) is 8.38. The molecule has 1 atom stereocenters. The van der Waals surface area contributed by atoms with Crippen molar-refractivity contribution in [1.82, 2.24) is 0 Å². The summed E-state index contributed by atoms with van der Waals surface area (Å²) in [5.74, 6) is 1.38. The van der Waals surface area contributed by atoms with E-state index < -0.39 is 7.32 Å². The molecule has 2 aromatic carbocycles. The molecule has 0 aliphatic heterocycles. The van der Waals surface area contributed by atoms with Gasteiger partial charge >= 0.3 is 7.32 Å². The second kappa shape index (κ2) is 6.28. The van der Waals surface area contributed by atoms with E-state index in [0.717, 1.165) is 0 Å². The highest BCUT2D eigenvalue weighted by Crippen LogP contribution is 2.15. The Labute approximate surface area is 103 Å². The van der Waals surface area contributed by atoms with Gasteiger partial charge in [0.15, 0.2) is 0 Å². The molecule has 0 bridgehead atoms. The minimum atomic E-state index is -0.787. The van der Waals surface area contributed by atoms with Crippen LogP contribution in [-0.4, -0.2) is 7.32 Å². The van der Waals surface area contributed by atoms with E-state index in [1.165, 1.54) is 0 Å². The van der Waals surface area contributed by atoms with Crippen LogP contribution in [0.3, 0.4) is 0 Å². The van der Waals surface area contributed by atoms with Crippen LogP contribution in [0.5, 0.6) is 11.5 Å². The summed E-state index contributed by atoms with van der Waals surface area (Å²) >= 11 is 0. The summed E-state index contributed by atoms with van der Waals surface area (Å²) in [7, 11) is 1.35. The summed E-state index contributed by atoms with van der Waals surface area (Å²) in [5, 5.41) is 0. The molecule has 0 N–H and O–H groups in total. The predicted molar refractivity (Wildman–Crippen MR) is 70.7 cm³/mol. The minimum absolute atomic E-state index is 0.691. The van der Waals surface area contributed by atoms with Gasteiger partial charge in [-0.25, -0.2) is 0 Å². The van der Waals surface area contributed by atoms with Crippen LogP contribution in [-0.2, 0) is 4.44 Å². The normalized spacial score (nSPS) is 9.71. The highest BCUT2D eigenvalue weighted by Gasteiger charge is 2.25. The van der Waals surface area contributed by atoms with Crippen molar-refractivity contribution in [3.05, 3.63) is 60.7 Å². The average Bonchev–Trinajstić information content (AvgIpc) is 2.40. The van der Waals surface area contributed by atoms with Crippen molar-refractivity contribution in [3.63, 3.8) is 0 Å². The zero-order chi connectivity index (χ0) is 11.9. The lowest BCUT2D eigenvalue weighted by Crippen LogP contribution is -2.30. The molecule has 17 heavy (non-hydrogen) atoms. The van der Waals surface area contributed by atoms with Crippen LogP contribution in [0, 0.1) is 0 Å². The topological polar surface area (TPSA) is 27.7 Å². The molecule has 3 nitrogen and oxygen atoms in total. The van der Waals surface area contributed by atoms with Crippen molar-refractivity contribution in [3.8, 4) is 11.5 Å². The summed E-state index contributed by atoms with van der Waals surface area (Å²) in [6.07, 6.45) is 0. The number of benzene rings is 2. The quantitative estimate of drug-likeness (QED) is 0.599. The molecule has 2 rings (SSSR count). The van der Waals surface area contributed by atoms with Crippen LogP contribution in [0.25, 0.3) is 0 Å². The van der Waals surface area contributed by atoms with Gasteiger partial charge in [-0.05, 0) is 33.7 Å². The Hall–Kier alpha value is -1.51. The molecule has 0 spiro atoms. The molecule has 2 aromatic rings. The third-order valence-corrected chi connectivity index (χ3v) is 2.28. The summed E-state index contributed by atoms with van der Waals surface area (Å²) in [6, 6.07) is 18.7. The number of hydrogen-bond donors (Lipinski definition) is 0. The standard InChI is InChI=1S/C12H12BO3P/c17-16-13(14-11-7-3-1-4-8-11)15-12-9-5-2-6-10-12/h1-10H,17H2. The molecule has 0 saturated heterocycles. The Kier molecular flexibility index (Phi) is 4.42. The van der Waals surface area contributed by atoms with Crippen molar-refractivity contribution in [2.24, 2.45) is 0 Å². The molecule has 0 amide bonds.